The Labute approximate surface area is 108 Å². The third-order valence-corrected chi connectivity index (χ3v) is 3.01. The molecule has 1 aromatic heterocycles. The van der Waals surface area contributed by atoms with Crippen LogP contribution in [0.25, 0.3) is 0 Å². The van der Waals surface area contributed by atoms with Gasteiger partial charge in [-0.1, -0.05) is 0 Å². The molecule has 1 saturated heterocycles. The number of nitrogens with one attached hydrogen (secondary N) is 2. The van der Waals surface area contributed by atoms with Gasteiger partial charge in [-0.3, -0.25) is 0 Å². The number of nitrogens with zero attached hydrogens (tertiary/aromatic N) is 3. The Bertz CT molecular complexity index is 337. The van der Waals surface area contributed by atoms with E-state index in [2.05, 4.69) is 25.5 Å². The van der Waals surface area contributed by atoms with Crippen LogP contribution in [0.15, 0.2) is 12.4 Å². The molecular weight excluding hydrogens is 230 g/mol. The summed E-state index contributed by atoms with van der Waals surface area (Å²) in [5.41, 5.74) is 0. The van der Waals surface area contributed by atoms with Crippen LogP contribution >= 0.6 is 0 Å². The maximum atomic E-state index is 5.01. The number of ether oxygens (including phenoxy) is 1. The van der Waals surface area contributed by atoms with E-state index in [1.165, 1.54) is 0 Å². The number of hydrogen-bond donors (Lipinski definition) is 2. The van der Waals surface area contributed by atoms with E-state index in [1.54, 1.807) is 19.5 Å². The number of methoxy groups -OCH3 is 1. The van der Waals surface area contributed by atoms with Gasteiger partial charge in [0.25, 0.3) is 0 Å². The molecule has 18 heavy (non-hydrogen) atoms. The average Bonchev–Trinajstić information content (AvgIpc) is 2.45. The van der Waals surface area contributed by atoms with E-state index < -0.39 is 0 Å². The number of anilines is 1. The second-order valence-corrected chi connectivity index (χ2v) is 4.32. The van der Waals surface area contributed by atoms with Crippen LogP contribution in [-0.2, 0) is 0 Å². The molecule has 0 atom stereocenters. The smallest absolute Gasteiger partial charge is 0.222 e. The van der Waals surface area contributed by atoms with Gasteiger partial charge in [0.2, 0.25) is 5.95 Å². The van der Waals surface area contributed by atoms with E-state index in [0.29, 0.717) is 11.7 Å². The van der Waals surface area contributed by atoms with Crippen molar-refractivity contribution in [2.45, 2.75) is 6.42 Å². The van der Waals surface area contributed by atoms with Crippen molar-refractivity contribution in [3.05, 3.63) is 12.4 Å². The van der Waals surface area contributed by atoms with Crippen molar-refractivity contribution in [2.24, 2.45) is 0 Å². The van der Waals surface area contributed by atoms with Crippen LogP contribution < -0.4 is 15.4 Å². The van der Waals surface area contributed by atoms with Crippen LogP contribution in [0.5, 0.6) is 5.75 Å². The van der Waals surface area contributed by atoms with Gasteiger partial charge >= 0.3 is 0 Å². The van der Waals surface area contributed by atoms with E-state index in [-0.39, 0.29) is 0 Å². The molecule has 1 aliphatic rings. The molecule has 0 unspecified atom stereocenters. The molecule has 0 aliphatic carbocycles. The summed E-state index contributed by atoms with van der Waals surface area (Å²) in [5.74, 6) is 1.34. The minimum atomic E-state index is 0.663. The molecule has 0 bridgehead atoms. The molecule has 2 rings (SSSR count). The minimum absolute atomic E-state index is 0.663. The van der Waals surface area contributed by atoms with Crippen molar-refractivity contribution < 1.29 is 4.74 Å². The molecule has 1 aliphatic heterocycles. The summed E-state index contributed by atoms with van der Waals surface area (Å²) in [7, 11) is 1.61. The van der Waals surface area contributed by atoms with Gasteiger partial charge in [-0.2, -0.15) is 0 Å². The summed E-state index contributed by atoms with van der Waals surface area (Å²) in [6.45, 7) is 6.54. The Morgan fingerprint density at radius 3 is 2.72 bits per heavy atom. The lowest BCUT2D eigenvalue weighted by Gasteiger charge is -2.27. The number of aromatic nitrogens is 2. The summed E-state index contributed by atoms with van der Waals surface area (Å²) in [6, 6.07) is 0. The average molecular weight is 251 g/mol. The topological polar surface area (TPSA) is 62.3 Å². The number of rotatable bonds is 6. The highest BCUT2D eigenvalue weighted by atomic mass is 16.5. The standard InChI is InChI=1S/C12H21N5O/c1-18-11-9-15-12(16-10-11)14-3-2-6-17-7-4-13-5-8-17/h9-10,13H,2-8H2,1H3,(H,14,15,16). The third kappa shape index (κ3) is 4.12. The molecule has 1 fully saturated rings. The summed E-state index contributed by atoms with van der Waals surface area (Å²) >= 11 is 0. The van der Waals surface area contributed by atoms with Gasteiger partial charge in [0, 0.05) is 32.7 Å². The molecular formula is C12H21N5O. The Hall–Kier alpha value is -1.40. The zero-order chi connectivity index (χ0) is 12.6. The Balaban J connectivity index is 1.62. The Morgan fingerprint density at radius 1 is 1.33 bits per heavy atom. The van der Waals surface area contributed by atoms with E-state index in [4.69, 9.17) is 4.74 Å². The highest BCUT2D eigenvalue weighted by Crippen LogP contribution is 2.07. The predicted molar refractivity (Wildman–Crippen MR) is 71.0 cm³/mol. The van der Waals surface area contributed by atoms with Crippen LogP contribution in [0.3, 0.4) is 0 Å². The Kier molecular flexibility index (Phi) is 5.16. The molecule has 0 saturated carbocycles. The lowest BCUT2D eigenvalue weighted by Crippen LogP contribution is -2.44. The van der Waals surface area contributed by atoms with Crippen molar-refractivity contribution in [3.63, 3.8) is 0 Å². The van der Waals surface area contributed by atoms with Crippen molar-refractivity contribution in [2.75, 3.05) is 51.7 Å². The summed E-state index contributed by atoms with van der Waals surface area (Å²) < 4.78 is 5.01. The van der Waals surface area contributed by atoms with Crippen LogP contribution in [0.1, 0.15) is 6.42 Å². The highest BCUT2D eigenvalue weighted by molar-refractivity contribution is 5.26. The van der Waals surface area contributed by atoms with Gasteiger partial charge in [-0.15, -0.1) is 0 Å². The van der Waals surface area contributed by atoms with Crippen LogP contribution in [0.2, 0.25) is 0 Å². The summed E-state index contributed by atoms with van der Waals surface area (Å²) in [6.07, 6.45) is 4.45. The van der Waals surface area contributed by atoms with Crippen molar-refractivity contribution in [1.82, 2.24) is 20.2 Å². The lowest BCUT2D eigenvalue weighted by molar-refractivity contribution is 0.240. The second kappa shape index (κ2) is 7.13. The van der Waals surface area contributed by atoms with Gasteiger partial charge in [0.1, 0.15) is 0 Å². The Morgan fingerprint density at radius 2 is 2.06 bits per heavy atom. The van der Waals surface area contributed by atoms with Gasteiger partial charge in [-0.25, -0.2) is 9.97 Å². The fraction of sp³-hybridized carbons (Fsp3) is 0.667. The second-order valence-electron chi connectivity index (χ2n) is 4.32. The van der Waals surface area contributed by atoms with Gasteiger partial charge in [-0.05, 0) is 13.0 Å². The normalized spacial score (nSPS) is 16.5. The molecule has 1 aromatic rings. The van der Waals surface area contributed by atoms with Crippen LogP contribution in [0.4, 0.5) is 5.95 Å². The van der Waals surface area contributed by atoms with Crippen LogP contribution in [0, 0.1) is 0 Å². The molecule has 6 heteroatoms. The molecule has 2 N–H and O–H groups in total. The molecule has 100 valence electrons. The first-order chi connectivity index (χ1) is 8.88. The largest absolute Gasteiger partial charge is 0.494 e. The SMILES string of the molecule is COc1cnc(NCCCN2CCNCC2)nc1. The first kappa shape index (κ1) is 13.0. The van der Waals surface area contributed by atoms with Gasteiger partial charge in [0.15, 0.2) is 5.75 Å². The number of hydrogen-bond acceptors (Lipinski definition) is 6. The molecule has 0 aromatic carbocycles. The predicted octanol–water partition coefficient (Wildman–Crippen LogP) is 0.192. The quantitative estimate of drug-likeness (QED) is 0.704. The third-order valence-electron chi connectivity index (χ3n) is 3.01. The zero-order valence-corrected chi connectivity index (χ0v) is 10.9. The molecule has 0 amide bonds. The molecule has 2 heterocycles. The maximum absolute atomic E-state index is 5.01. The molecule has 6 nitrogen and oxygen atoms in total. The van der Waals surface area contributed by atoms with Gasteiger partial charge < -0.3 is 20.3 Å². The van der Waals surface area contributed by atoms with E-state index >= 15 is 0 Å². The van der Waals surface area contributed by atoms with Crippen molar-refractivity contribution in [3.8, 4) is 5.75 Å². The summed E-state index contributed by atoms with van der Waals surface area (Å²) in [5, 5.41) is 6.57. The van der Waals surface area contributed by atoms with Crippen molar-refractivity contribution in [1.29, 1.82) is 0 Å². The minimum Gasteiger partial charge on any atom is -0.494 e. The molecule has 0 radical (unpaired) electrons. The van der Waals surface area contributed by atoms with E-state index in [1.807, 2.05) is 0 Å². The first-order valence-electron chi connectivity index (χ1n) is 6.41. The maximum Gasteiger partial charge on any atom is 0.222 e. The highest BCUT2D eigenvalue weighted by Gasteiger charge is 2.08. The fourth-order valence-electron chi connectivity index (χ4n) is 1.95. The molecule has 0 spiro atoms. The summed E-state index contributed by atoms with van der Waals surface area (Å²) in [4.78, 5) is 10.8. The zero-order valence-electron chi connectivity index (χ0n) is 10.9. The van der Waals surface area contributed by atoms with Crippen molar-refractivity contribution >= 4 is 5.95 Å². The first-order valence-corrected chi connectivity index (χ1v) is 6.41. The van der Waals surface area contributed by atoms with E-state index in [0.717, 1.165) is 45.7 Å². The van der Waals surface area contributed by atoms with Gasteiger partial charge in [0.05, 0.1) is 19.5 Å². The number of piperazine rings is 1. The fourth-order valence-corrected chi connectivity index (χ4v) is 1.95. The monoisotopic (exact) mass is 251 g/mol. The van der Waals surface area contributed by atoms with Crippen LogP contribution in [-0.4, -0.2) is 61.2 Å². The lowest BCUT2D eigenvalue weighted by atomic mass is 10.3. The van der Waals surface area contributed by atoms with E-state index in [9.17, 15) is 0 Å².